The fourth-order valence-corrected chi connectivity index (χ4v) is 6.61. The number of carbonyl (C=O) groups is 1. The zero-order chi connectivity index (χ0) is 41.4. The number of hydrogen-bond acceptors (Lipinski definition) is 6. The van der Waals surface area contributed by atoms with Gasteiger partial charge < -0.3 is 28.8 Å². The first-order valence-electron chi connectivity index (χ1n) is 22.3. The molecule has 3 atom stereocenters. The first kappa shape index (κ1) is 53.9. The van der Waals surface area contributed by atoms with Crippen LogP contribution >= 0.6 is 7.82 Å². The van der Waals surface area contributed by atoms with Crippen molar-refractivity contribution >= 4 is 13.7 Å². The molecule has 0 aromatic rings. The largest absolute Gasteiger partial charge is 0.756 e. The molecule has 3 unspecified atom stereocenters. The number of allylic oxidation sites excluding steroid dienone is 11. The van der Waals surface area contributed by atoms with Gasteiger partial charge in [0.1, 0.15) is 13.2 Å². The van der Waals surface area contributed by atoms with Crippen molar-refractivity contribution in [2.45, 2.75) is 180 Å². The van der Waals surface area contributed by atoms with Crippen molar-refractivity contribution in [2.24, 2.45) is 0 Å². The smallest absolute Gasteiger partial charge is 0.268 e. The standard InChI is InChI=1S/C47H85N2O6P/c1-6-8-10-12-14-16-18-20-22-23-24-25-27-29-31-33-35-37-39-41-47(51)48-45(44-55-56(52,53)54-43-42-49(3,4)5)46(50)40-38-36-34-32-30-28-26-21-19-17-15-13-11-9-7-2/h8,10,14,16,20,22,24-25,29,31,38,40,45-46,50H,6-7,9,11-13,15,17-19,21,23,26-28,30,32-37,39,41-44H2,1-5H3,(H-,48,51,52,53)/b10-8-,16-14-,22-20-,25-24-,31-29-,40-38+. The van der Waals surface area contributed by atoms with E-state index in [1.54, 1.807) is 6.08 Å². The summed E-state index contributed by atoms with van der Waals surface area (Å²) in [6.45, 7) is 4.48. The van der Waals surface area contributed by atoms with Gasteiger partial charge in [0.05, 0.1) is 39.9 Å². The molecule has 1 amide bonds. The molecule has 0 aromatic carbocycles. The summed E-state index contributed by atoms with van der Waals surface area (Å²) in [5.74, 6) is -0.232. The Bertz CT molecular complexity index is 1140. The zero-order valence-corrected chi connectivity index (χ0v) is 37.5. The van der Waals surface area contributed by atoms with Gasteiger partial charge in [-0.15, -0.1) is 0 Å². The van der Waals surface area contributed by atoms with Crippen LogP contribution in [-0.4, -0.2) is 68.5 Å². The number of nitrogens with zero attached hydrogens (tertiary/aromatic N) is 1. The lowest BCUT2D eigenvalue weighted by atomic mass is 10.0. The van der Waals surface area contributed by atoms with E-state index >= 15 is 0 Å². The van der Waals surface area contributed by atoms with Crippen molar-refractivity contribution in [2.75, 3.05) is 40.9 Å². The summed E-state index contributed by atoms with van der Waals surface area (Å²) < 4.78 is 23.2. The third-order valence-electron chi connectivity index (χ3n) is 9.42. The number of rotatable bonds is 39. The minimum absolute atomic E-state index is 0.0114. The Balaban J connectivity index is 4.52. The van der Waals surface area contributed by atoms with E-state index in [0.717, 1.165) is 70.6 Å². The molecule has 324 valence electrons. The van der Waals surface area contributed by atoms with Crippen LogP contribution in [0.15, 0.2) is 72.9 Å². The predicted molar refractivity (Wildman–Crippen MR) is 237 cm³/mol. The maximum atomic E-state index is 12.8. The number of carbonyl (C=O) groups excluding carboxylic acids is 1. The second-order valence-electron chi connectivity index (χ2n) is 16.0. The van der Waals surface area contributed by atoms with E-state index in [-0.39, 0.29) is 12.5 Å². The second-order valence-corrected chi connectivity index (χ2v) is 17.4. The van der Waals surface area contributed by atoms with Crippen LogP contribution in [0, 0.1) is 0 Å². The SMILES string of the molecule is CC/C=C\C/C=C\C/C=C\C/C=C\C/C=C\CCCCCC(=O)NC(COP(=O)([O-])OCC[N+](C)(C)C)C(O)/C=C/CCCCCCCCCCCCCCC. The van der Waals surface area contributed by atoms with Crippen LogP contribution in [0.2, 0.25) is 0 Å². The molecule has 56 heavy (non-hydrogen) atoms. The van der Waals surface area contributed by atoms with Crippen LogP contribution in [0.3, 0.4) is 0 Å². The van der Waals surface area contributed by atoms with E-state index in [0.29, 0.717) is 23.9 Å². The van der Waals surface area contributed by atoms with Crippen LogP contribution in [0.25, 0.3) is 0 Å². The molecule has 0 aliphatic rings. The molecule has 0 saturated heterocycles. The van der Waals surface area contributed by atoms with Crippen LogP contribution in [0.4, 0.5) is 0 Å². The number of quaternary nitrogens is 1. The molecule has 2 N–H and O–H groups in total. The van der Waals surface area contributed by atoms with Gasteiger partial charge in [-0.3, -0.25) is 9.36 Å². The Morgan fingerprint density at radius 2 is 1.09 bits per heavy atom. The van der Waals surface area contributed by atoms with Crippen molar-refractivity contribution in [1.82, 2.24) is 5.32 Å². The molecule has 0 aromatic heterocycles. The van der Waals surface area contributed by atoms with Gasteiger partial charge >= 0.3 is 0 Å². The number of likely N-dealkylation sites (N-methyl/N-ethyl adjacent to an activating group) is 1. The molecule has 8 nitrogen and oxygen atoms in total. The highest BCUT2D eigenvalue weighted by Crippen LogP contribution is 2.38. The second kappa shape index (κ2) is 38.5. The average molecular weight is 805 g/mol. The van der Waals surface area contributed by atoms with Gasteiger partial charge in [0.2, 0.25) is 5.91 Å². The minimum atomic E-state index is -4.60. The van der Waals surface area contributed by atoms with Crippen LogP contribution in [0.5, 0.6) is 0 Å². The van der Waals surface area contributed by atoms with E-state index < -0.39 is 26.6 Å². The Hall–Kier alpha value is -2.06. The van der Waals surface area contributed by atoms with Crippen molar-refractivity contribution < 1.29 is 32.9 Å². The van der Waals surface area contributed by atoms with Gasteiger partial charge in [-0.2, -0.15) is 0 Å². The van der Waals surface area contributed by atoms with Crippen LogP contribution in [-0.2, 0) is 18.4 Å². The summed E-state index contributed by atoms with van der Waals surface area (Å²) in [6.07, 6.45) is 50.8. The third kappa shape index (κ3) is 40.1. The van der Waals surface area contributed by atoms with Crippen molar-refractivity contribution in [3.05, 3.63) is 72.9 Å². The van der Waals surface area contributed by atoms with E-state index in [4.69, 9.17) is 9.05 Å². The number of hydrogen-bond donors (Lipinski definition) is 2. The quantitative estimate of drug-likeness (QED) is 0.0277. The molecule has 0 aliphatic carbocycles. The highest BCUT2D eigenvalue weighted by molar-refractivity contribution is 7.45. The number of aliphatic hydroxyl groups is 1. The first-order chi connectivity index (χ1) is 27.0. The lowest BCUT2D eigenvalue weighted by molar-refractivity contribution is -0.870. The van der Waals surface area contributed by atoms with Gasteiger partial charge in [0.15, 0.2) is 0 Å². The number of amides is 1. The molecule has 0 bridgehead atoms. The van der Waals surface area contributed by atoms with Crippen molar-refractivity contribution in [3.63, 3.8) is 0 Å². The Morgan fingerprint density at radius 1 is 0.643 bits per heavy atom. The molecule has 9 heteroatoms. The topological polar surface area (TPSA) is 108 Å². The lowest BCUT2D eigenvalue weighted by Gasteiger charge is -2.29. The van der Waals surface area contributed by atoms with Gasteiger partial charge in [-0.05, 0) is 64.2 Å². The summed E-state index contributed by atoms with van der Waals surface area (Å²) in [6, 6.07) is -0.907. The maximum Gasteiger partial charge on any atom is 0.268 e. The number of phosphoric ester groups is 1. The van der Waals surface area contributed by atoms with Gasteiger partial charge in [0, 0.05) is 6.42 Å². The number of phosphoric acid groups is 1. The summed E-state index contributed by atoms with van der Waals surface area (Å²) in [5, 5.41) is 13.8. The Kier molecular flexibility index (Phi) is 37.0. The molecule has 0 rings (SSSR count). The first-order valence-corrected chi connectivity index (χ1v) is 23.8. The van der Waals surface area contributed by atoms with E-state index in [1.807, 2.05) is 27.2 Å². The summed E-state index contributed by atoms with van der Waals surface area (Å²) in [7, 11) is 1.22. The normalized spacial score (nSPS) is 15.1. The number of nitrogens with one attached hydrogen (secondary N) is 1. The fourth-order valence-electron chi connectivity index (χ4n) is 5.88. The van der Waals surface area contributed by atoms with Gasteiger partial charge in [0.25, 0.3) is 7.82 Å². The number of unbranched alkanes of at least 4 members (excludes halogenated alkanes) is 16. The van der Waals surface area contributed by atoms with Crippen molar-refractivity contribution in [3.8, 4) is 0 Å². The summed E-state index contributed by atoms with van der Waals surface area (Å²) in [5.41, 5.74) is 0. The van der Waals surface area contributed by atoms with E-state index in [2.05, 4.69) is 79.9 Å². The van der Waals surface area contributed by atoms with E-state index in [1.165, 1.54) is 70.6 Å². The molecular weight excluding hydrogens is 719 g/mol. The Labute approximate surface area is 344 Å². The highest BCUT2D eigenvalue weighted by Gasteiger charge is 2.23. The summed E-state index contributed by atoms with van der Waals surface area (Å²) in [4.78, 5) is 25.3. The summed E-state index contributed by atoms with van der Waals surface area (Å²) >= 11 is 0. The average Bonchev–Trinajstić information content (AvgIpc) is 3.15. The highest BCUT2D eigenvalue weighted by atomic mass is 31.2. The van der Waals surface area contributed by atoms with Crippen LogP contribution < -0.4 is 10.2 Å². The van der Waals surface area contributed by atoms with Crippen molar-refractivity contribution in [1.29, 1.82) is 0 Å². The minimum Gasteiger partial charge on any atom is -0.756 e. The molecule has 0 radical (unpaired) electrons. The van der Waals surface area contributed by atoms with Gasteiger partial charge in [-0.25, -0.2) is 0 Å². The molecule has 0 spiro atoms. The Morgan fingerprint density at radius 3 is 1.59 bits per heavy atom. The van der Waals surface area contributed by atoms with E-state index in [9.17, 15) is 19.4 Å². The molecule has 0 aliphatic heterocycles. The number of aliphatic hydroxyl groups excluding tert-OH is 1. The van der Waals surface area contributed by atoms with Gasteiger partial charge in [-0.1, -0.05) is 170 Å². The molecular formula is C47H85N2O6P. The predicted octanol–water partition coefficient (Wildman–Crippen LogP) is 11.8. The lowest BCUT2D eigenvalue weighted by Crippen LogP contribution is -2.45. The molecule has 0 fully saturated rings. The zero-order valence-electron chi connectivity index (χ0n) is 36.6. The van der Waals surface area contributed by atoms with Crippen LogP contribution in [0.1, 0.15) is 168 Å². The third-order valence-corrected chi connectivity index (χ3v) is 10.4. The molecule has 0 saturated carbocycles. The molecule has 0 heterocycles. The fraction of sp³-hybridized carbons (Fsp3) is 0.723. The maximum absolute atomic E-state index is 12.8. The monoisotopic (exact) mass is 805 g/mol.